The number of nitrogens with zero attached hydrogens (tertiary/aromatic N) is 1. The molecule has 0 unspecified atom stereocenters. The van der Waals surface area contributed by atoms with Crippen LogP contribution in [0.5, 0.6) is 0 Å². The summed E-state index contributed by atoms with van der Waals surface area (Å²) in [6.07, 6.45) is 0. The van der Waals surface area contributed by atoms with E-state index in [1.54, 1.807) is 0 Å². The van der Waals surface area contributed by atoms with E-state index in [0.717, 1.165) is 77.5 Å². The first kappa shape index (κ1) is 29.2. The van der Waals surface area contributed by atoms with E-state index in [9.17, 15) is 0 Å². The second-order valence-electron chi connectivity index (χ2n) is 14.5. The van der Waals surface area contributed by atoms with Crippen LogP contribution < -0.4 is 4.90 Å². The van der Waals surface area contributed by atoms with E-state index in [1.807, 2.05) is 12.1 Å². The van der Waals surface area contributed by atoms with Gasteiger partial charge in [0.05, 0.1) is 5.69 Å². The molecular formula is C49H33NO2. The van der Waals surface area contributed by atoms with Crippen molar-refractivity contribution in [3.8, 4) is 22.3 Å². The largest absolute Gasteiger partial charge is 0.456 e. The van der Waals surface area contributed by atoms with Gasteiger partial charge in [-0.2, -0.15) is 0 Å². The monoisotopic (exact) mass is 667 g/mol. The van der Waals surface area contributed by atoms with Crippen LogP contribution in [0.25, 0.3) is 76.9 Å². The van der Waals surface area contributed by atoms with Crippen LogP contribution in [0.1, 0.15) is 25.0 Å². The van der Waals surface area contributed by atoms with Gasteiger partial charge in [0.25, 0.3) is 0 Å². The van der Waals surface area contributed by atoms with E-state index in [-0.39, 0.29) is 5.41 Å². The fourth-order valence-corrected chi connectivity index (χ4v) is 8.74. The predicted molar refractivity (Wildman–Crippen MR) is 216 cm³/mol. The van der Waals surface area contributed by atoms with Crippen LogP contribution in [0, 0.1) is 0 Å². The Balaban J connectivity index is 1.23. The summed E-state index contributed by atoms with van der Waals surface area (Å²) in [5.41, 5.74) is 14.1. The Kier molecular flexibility index (Phi) is 6.01. The predicted octanol–water partition coefficient (Wildman–Crippen LogP) is 14.1. The zero-order chi connectivity index (χ0) is 34.6. The van der Waals surface area contributed by atoms with Gasteiger partial charge in [-0.3, -0.25) is 0 Å². The number of benzene rings is 8. The summed E-state index contributed by atoms with van der Waals surface area (Å²) < 4.78 is 13.1. The van der Waals surface area contributed by atoms with Crippen molar-refractivity contribution in [2.24, 2.45) is 0 Å². The molecule has 0 aliphatic heterocycles. The lowest BCUT2D eigenvalue weighted by atomic mass is 9.82. The minimum atomic E-state index is -0.148. The topological polar surface area (TPSA) is 29.5 Å². The molecule has 0 fully saturated rings. The summed E-state index contributed by atoms with van der Waals surface area (Å²) in [6, 6.07) is 58.8. The fourth-order valence-electron chi connectivity index (χ4n) is 8.74. The molecule has 11 rings (SSSR count). The van der Waals surface area contributed by atoms with Gasteiger partial charge in [-0.05, 0) is 93.2 Å². The van der Waals surface area contributed by atoms with E-state index < -0.39 is 0 Å². The van der Waals surface area contributed by atoms with Crippen molar-refractivity contribution in [2.75, 3.05) is 4.90 Å². The van der Waals surface area contributed by atoms with E-state index in [1.165, 1.54) is 27.6 Å². The average molecular weight is 668 g/mol. The van der Waals surface area contributed by atoms with Crippen molar-refractivity contribution in [3.05, 3.63) is 175 Å². The first-order valence-electron chi connectivity index (χ1n) is 17.9. The molecule has 3 heteroatoms. The highest BCUT2D eigenvalue weighted by Crippen LogP contribution is 2.53. The zero-order valence-electron chi connectivity index (χ0n) is 28.9. The van der Waals surface area contributed by atoms with Crippen molar-refractivity contribution in [2.45, 2.75) is 19.3 Å². The molecule has 2 aromatic heterocycles. The molecule has 0 amide bonds. The summed E-state index contributed by atoms with van der Waals surface area (Å²) in [5.74, 6) is 0. The first-order valence-corrected chi connectivity index (χ1v) is 17.9. The maximum absolute atomic E-state index is 6.65. The van der Waals surface area contributed by atoms with Gasteiger partial charge in [-0.25, -0.2) is 0 Å². The van der Waals surface area contributed by atoms with Crippen molar-refractivity contribution >= 4 is 71.7 Å². The second kappa shape index (κ2) is 10.7. The molecule has 10 aromatic rings. The van der Waals surface area contributed by atoms with Gasteiger partial charge in [0, 0.05) is 50.0 Å². The van der Waals surface area contributed by atoms with Gasteiger partial charge in [0.2, 0.25) is 0 Å². The third-order valence-electron chi connectivity index (χ3n) is 11.2. The smallest absolute Gasteiger partial charge is 0.137 e. The molecule has 0 N–H and O–H groups in total. The number of para-hydroxylation sites is 1. The van der Waals surface area contributed by atoms with Crippen LogP contribution in [-0.4, -0.2) is 0 Å². The van der Waals surface area contributed by atoms with Crippen molar-refractivity contribution < 1.29 is 8.83 Å². The Labute approximate surface area is 301 Å². The standard InChI is InChI=1S/C49H33NO2/c1-49(2)40-18-10-8-16-35(40)36-22-20-33(28-41(36)49)50(34-21-23-38-37-17-9-11-19-43(37)51-46(38)29-34)42-24-25-44-48(47(42)30-12-4-3-5-13-30)39-26-31-14-6-7-15-32(31)27-45(39)52-44/h3-29H,1-2H3. The maximum atomic E-state index is 6.65. The molecule has 0 saturated carbocycles. The van der Waals surface area contributed by atoms with Crippen LogP contribution in [0.2, 0.25) is 0 Å². The van der Waals surface area contributed by atoms with Crippen LogP contribution in [-0.2, 0) is 5.41 Å². The molecule has 3 nitrogen and oxygen atoms in total. The molecule has 0 radical (unpaired) electrons. The third-order valence-corrected chi connectivity index (χ3v) is 11.2. The molecule has 246 valence electrons. The molecule has 1 aliphatic rings. The molecule has 52 heavy (non-hydrogen) atoms. The molecule has 8 aromatic carbocycles. The van der Waals surface area contributed by atoms with Crippen LogP contribution >= 0.6 is 0 Å². The Morgan fingerprint density at radius 3 is 1.98 bits per heavy atom. The first-order chi connectivity index (χ1) is 25.5. The Hall–Kier alpha value is -6.58. The quantitative estimate of drug-likeness (QED) is 0.187. The number of anilines is 3. The molecular weight excluding hydrogens is 635 g/mol. The highest BCUT2D eigenvalue weighted by Gasteiger charge is 2.36. The lowest BCUT2D eigenvalue weighted by molar-refractivity contribution is 0.660. The van der Waals surface area contributed by atoms with Crippen molar-refractivity contribution in [1.29, 1.82) is 0 Å². The van der Waals surface area contributed by atoms with Gasteiger partial charge in [-0.1, -0.05) is 117 Å². The summed E-state index contributed by atoms with van der Waals surface area (Å²) in [5, 5.41) is 6.79. The summed E-state index contributed by atoms with van der Waals surface area (Å²) in [7, 11) is 0. The highest BCUT2D eigenvalue weighted by atomic mass is 16.3. The number of furan rings is 2. The van der Waals surface area contributed by atoms with Gasteiger partial charge >= 0.3 is 0 Å². The lowest BCUT2D eigenvalue weighted by Gasteiger charge is -2.30. The Bertz CT molecular complexity index is 3050. The molecule has 0 saturated heterocycles. The lowest BCUT2D eigenvalue weighted by Crippen LogP contribution is -2.17. The maximum Gasteiger partial charge on any atom is 0.137 e. The fraction of sp³-hybridized carbons (Fsp3) is 0.0612. The van der Waals surface area contributed by atoms with Crippen LogP contribution in [0.15, 0.2) is 173 Å². The van der Waals surface area contributed by atoms with E-state index in [4.69, 9.17) is 8.83 Å². The number of hydrogen-bond acceptors (Lipinski definition) is 3. The summed E-state index contributed by atoms with van der Waals surface area (Å²) >= 11 is 0. The third kappa shape index (κ3) is 4.14. The molecule has 0 spiro atoms. The molecule has 1 aliphatic carbocycles. The molecule has 0 bridgehead atoms. The van der Waals surface area contributed by atoms with Gasteiger partial charge in [-0.15, -0.1) is 0 Å². The minimum absolute atomic E-state index is 0.148. The Morgan fingerprint density at radius 1 is 0.442 bits per heavy atom. The average Bonchev–Trinajstić information content (AvgIpc) is 3.81. The highest BCUT2D eigenvalue weighted by molar-refractivity contribution is 6.19. The van der Waals surface area contributed by atoms with Gasteiger partial charge < -0.3 is 13.7 Å². The SMILES string of the molecule is CC1(C)c2ccccc2-c2ccc(N(c3ccc4c(c3)oc3ccccc34)c3ccc4oc5cc6ccccc6cc5c4c3-c3ccccc3)cc21. The van der Waals surface area contributed by atoms with E-state index in [0.29, 0.717) is 0 Å². The molecule has 0 atom stereocenters. The van der Waals surface area contributed by atoms with Crippen molar-refractivity contribution in [1.82, 2.24) is 0 Å². The summed E-state index contributed by atoms with van der Waals surface area (Å²) in [6.45, 7) is 4.69. The van der Waals surface area contributed by atoms with Gasteiger partial charge in [0.1, 0.15) is 22.3 Å². The van der Waals surface area contributed by atoms with E-state index >= 15 is 0 Å². The van der Waals surface area contributed by atoms with Gasteiger partial charge in [0.15, 0.2) is 0 Å². The number of hydrogen-bond donors (Lipinski definition) is 0. The second-order valence-corrected chi connectivity index (χ2v) is 14.5. The zero-order valence-corrected chi connectivity index (χ0v) is 28.9. The Morgan fingerprint density at radius 2 is 1.10 bits per heavy atom. The summed E-state index contributed by atoms with van der Waals surface area (Å²) in [4.78, 5) is 2.41. The van der Waals surface area contributed by atoms with Crippen LogP contribution in [0.3, 0.4) is 0 Å². The van der Waals surface area contributed by atoms with Crippen molar-refractivity contribution in [3.63, 3.8) is 0 Å². The molecule has 2 heterocycles. The number of rotatable bonds is 4. The normalized spacial score (nSPS) is 13.3. The number of fused-ring (bicyclic) bond motifs is 10. The van der Waals surface area contributed by atoms with E-state index in [2.05, 4.69) is 170 Å². The van der Waals surface area contributed by atoms with Crippen LogP contribution in [0.4, 0.5) is 17.1 Å². The minimum Gasteiger partial charge on any atom is -0.456 e.